The van der Waals surface area contributed by atoms with Crippen LogP contribution in [0.15, 0.2) is 34.8 Å². The number of benzene rings is 2. The van der Waals surface area contributed by atoms with Crippen molar-refractivity contribution in [2.24, 2.45) is 5.92 Å². The van der Waals surface area contributed by atoms with Gasteiger partial charge in [0.2, 0.25) is 11.8 Å². The highest BCUT2D eigenvalue weighted by atomic mass is 79.9. The lowest BCUT2D eigenvalue weighted by molar-refractivity contribution is -0.122. The SMILES string of the molecule is Cc1c(Cl)cccc1N1C[C@@H](C(=O)Nc2ccc(Br)c(C)c2C)CC1=O. The molecule has 1 atom stereocenters. The molecule has 4 nitrogen and oxygen atoms in total. The van der Waals surface area contributed by atoms with Crippen LogP contribution in [0.3, 0.4) is 0 Å². The first-order valence-electron chi connectivity index (χ1n) is 8.41. The minimum atomic E-state index is -0.385. The molecule has 0 unspecified atom stereocenters. The summed E-state index contributed by atoms with van der Waals surface area (Å²) in [5.41, 5.74) is 4.50. The molecule has 1 heterocycles. The maximum atomic E-state index is 12.7. The highest BCUT2D eigenvalue weighted by molar-refractivity contribution is 9.10. The van der Waals surface area contributed by atoms with Crippen molar-refractivity contribution in [3.8, 4) is 0 Å². The van der Waals surface area contributed by atoms with Gasteiger partial charge in [-0.15, -0.1) is 0 Å². The van der Waals surface area contributed by atoms with Crippen molar-refractivity contribution in [2.75, 3.05) is 16.8 Å². The smallest absolute Gasteiger partial charge is 0.229 e. The van der Waals surface area contributed by atoms with Gasteiger partial charge in [-0.05, 0) is 61.7 Å². The van der Waals surface area contributed by atoms with Gasteiger partial charge in [0, 0.05) is 33.8 Å². The first-order chi connectivity index (χ1) is 12.3. The van der Waals surface area contributed by atoms with Gasteiger partial charge in [-0.2, -0.15) is 0 Å². The van der Waals surface area contributed by atoms with Crippen LogP contribution >= 0.6 is 27.5 Å². The molecule has 0 aromatic heterocycles. The molecule has 1 fully saturated rings. The van der Waals surface area contributed by atoms with Gasteiger partial charge < -0.3 is 10.2 Å². The Kier molecular flexibility index (Phi) is 5.39. The molecule has 0 aliphatic carbocycles. The molecule has 0 radical (unpaired) electrons. The lowest BCUT2D eigenvalue weighted by Gasteiger charge is -2.20. The number of anilines is 2. The Morgan fingerprint density at radius 2 is 1.88 bits per heavy atom. The zero-order valence-corrected chi connectivity index (χ0v) is 17.2. The van der Waals surface area contributed by atoms with E-state index in [0.717, 1.165) is 32.5 Å². The Morgan fingerprint density at radius 3 is 2.62 bits per heavy atom. The van der Waals surface area contributed by atoms with Crippen LogP contribution in [0, 0.1) is 26.7 Å². The molecule has 6 heteroatoms. The Bertz CT molecular complexity index is 898. The van der Waals surface area contributed by atoms with Gasteiger partial charge in [-0.3, -0.25) is 9.59 Å². The maximum absolute atomic E-state index is 12.7. The van der Waals surface area contributed by atoms with Crippen molar-refractivity contribution in [2.45, 2.75) is 27.2 Å². The minimum absolute atomic E-state index is 0.0563. The monoisotopic (exact) mass is 434 g/mol. The van der Waals surface area contributed by atoms with Crippen LogP contribution in [0.1, 0.15) is 23.1 Å². The number of carbonyl (C=O) groups excluding carboxylic acids is 2. The van der Waals surface area contributed by atoms with E-state index in [4.69, 9.17) is 11.6 Å². The Morgan fingerprint density at radius 1 is 1.15 bits per heavy atom. The molecule has 3 rings (SSSR count). The van der Waals surface area contributed by atoms with Gasteiger partial charge in [-0.25, -0.2) is 0 Å². The van der Waals surface area contributed by atoms with E-state index in [1.54, 1.807) is 11.0 Å². The lowest BCUT2D eigenvalue weighted by Crippen LogP contribution is -2.28. The summed E-state index contributed by atoms with van der Waals surface area (Å²) in [6, 6.07) is 9.27. The number of rotatable bonds is 3. The number of nitrogens with zero attached hydrogens (tertiary/aromatic N) is 1. The third-order valence-corrected chi connectivity index (χ3v) is 6.27. The van der Waals surface area contributed by atoms with Crippen molar-refractivity contribution in [3.05, 3.63) is 56.5 Å². The van der Waals surface area contributed by atoms with E-state index >= 15 is 0 Å². The van der Waals surface area contributed by atoms with Crippen LogP contribution in [-0.2, 0) is 9.59 Å². The average molecular weight is 436 g/mol. The van der Waals surface area contributed by atoms with Crippen molar-refractivity contribution >= 4 is 50.7 Å². The summed E-state index contributed by atoms with van der Waals surface area (Å²) in [5, 5.41) is 3.59. The maximum Gasteiger partial charge on any atom is 0.229 e. The van der Waals surface area contributed by atoms with Gasteiger partial charge in [0.05, 0.1) is 5.92 Å². The highest BCUT2D eigenvalue weighted by Crippen LogP contribution is 2.32. The summed E-state index contributed by atoms with van der Waals surface area (Å²) in [5.74, 6) is -0.575. The Labute approximate surface area is 166 Å². The van der Waals surface area contributed by atoms with Crippen LogP contribution in [-0.4, -0.2) is 18.4 Å². The molecule has 1 N–H and O–H groups in total. The quantitative estimate of drug-likeness (QED) is 0.736. The second-order valence-corrected chi connectivity index (χ2v) is 7.89. The normalized spacial score (nSPS) is 16.9. The molecule has 2 aromatic carbocycles. The van der Waals surface area contributed by atoms with E-state index in [2.05, 4.69) is 21.2 Å². The molecule has 0 bridgehead atoms. The lowest BCUT2D eigenvalue weighted by atomic mass is 10.1. The summed E-state index contributed by atoms with van der Waals surface area (Å²) in [6.45, 7) is 6.21. The largest absolute Gasteiger partial charge is 0.326 e. The average Bonchev–Trinajstić information content (AvgIpc) is 2.99. The second-order valence-electron chi connectivity index (χ2n) is 6.62. The Hall–Kier alpha value is -1.85. The number of hydrogen-bond acceptors (Lipinski definition) is 2. The van der Waals surface area contributed by atoms with Crippen LogP contribution < -0.4 is 10.2 Å². The van der Waals surface area contributed by atoms with Gasteiger partial charge >= 0.3 is 0 Å². The standard InChI is InChI=1S/C20H20BrClN2O2/c1-11-12(2)17(8-7-15(11)21)23-20(26)14-9-19(25)24(10-14)18-6-4-5-16(22)13(18)3/h4-8,14H,9-10H2,1-3H3,(H,23,26)/t14-/m0/s1. The third-order valence-electron chi connectivity index (χ3n) is 5.00. The minimum Gasteiger partial charge on any atom is -0.326 e. The predicted molar refractivity (Wildman–Crippen MR) is 109 cm³/mol. The van der Waals surface area contributed by atoms with E-state index in [1.807, 2.05) is 45.0 Å². The number of carbonyl (C=O) groups is 2. The zero-order chi connectivity index (χ0) is 19.0. The van der Waals surface area contributed by atoms with Gasteiger partial charge in [0.15, 0.2) is 0 Å². The summed E-state index contributed by atoms with van der Waals surface area (Å²) in [6.07, 6.45) is 0.201. The first-order valence-corrected chi connectivity index (χ1v) is 9.58. The summed E-state index contributed by atoms with van der Waals surface area (Å²) in [7, 11) is 0. The topological polar surface area (TPSA) is 49.4 Å². The number of hydrogen-bond donors (Lipinski definition) is 1. The fourth-order valence-electron chi connectivity index (χ4n) is 3.16. The van der Waals surface area contributed by atoms with E-state index in [9.17, 15) is 9.59 Å². The van der Waals surface area contributed by atoms with Crippen molar-refractivity contribution in [1.82, 2.24) is 0 Å². The van der Waals surface area contributed by atoms with E-state index in [1.165, 1.54) is 0 Å². The van der Waals surface area contributed by atoms with Crippen LogP contribution in [0.4, 0.5) is 11.4 Å². The van der Waals surface area contributed by atoms with E-state index in [0.29, 0.717) is 11.6 Å². The molecule has 0 saturated carbocycles. The summed E-state index contributed by atoms with van der Waals surface area (Å²) >= 11 is 9.66. The zero-order valence-electron chi connectivity index (χ0n) is 14.9. The molecule has 136 valence electrons. The third kappa shape index (κ3) is 3.51. The second kappa shape index (κ2) is 7.41. The van der Waals surface area contributed by atoms with Crippen LogP contribution in [0.5, 0.6) is 0 Å². The van der Waals surface area contributed by atoms with Gasteiger partial charge in [0.25, 0.3) is 0 Å². The fraction of sp³-hybridized carbons (Fsp3) is 0.300. The van der Waals surface area contributed by atoms with E-state index < -0.39 is 0 Å². The summed E-state index contributed by atoms with van der Waals surface area (Å²) in [4.78, 5) is 26.8. The molecule has 2 amide bonds. The molecule has 1 aliphatic rings. The molecule has 1 aliphatic heterocycles. The highest BCUT2D eigenvalue weighted by Gasteiger charge is 2.36. The Balaban J connectivity index is 1.77. The fourth-order valence-corrected chi connectivity index (χ4v) is 3.76. The molecule has 0 spiro atoms. The summed E-state index contributed by atoms with van der Waals surface area (Å²) < 4.78 is 1.01. The first kappa shape index (κ1) is 18.9. The van der Waals surface area contributed by atoms with Crippen molar-refractivity contribution in [1.29, 1.82) is 0 Å². The molecule has 1 saturated heterocycles. The molecular formula is C20H20BrClN2O2. The van der Waals surface area contributed by atoms with Crippen molar-refractivity contribution < 1.29 is 9.59 Å². The predicted octanol–water partition coefficient (Wildman–Crippen LogP) is 5.02. The molecule has 26 heavy (non-hydrogen) atoms. The van der Waals surface area contributed by atoms with Crippen LogP contribution in [0.25, 0.3) is 0 Å². The number of halogens is 2. The number of nitrogens with one attached hydrogen (secondary N) is 1. The molecular weight excluding hydrogens is 416 g/mol. The van der Waals surface area contributed by atoms with Gasteiger partial charge in [0.1, 0.15) is 0 Å². The number of amides is 2. The van der Waals surface area contributed by atoms with Crippen LogP contribution in [0.2, 0.25) is 5.02 Å². The van der Waals surface area contributed by atoms with Crippen molar-refractivity contribution in [3.63, 3.8) is 0 Å². The van der Waals surface area contributed by atoms with Gasteiger partial charge in [-0.1, -0.05) is 33.6 Å². The van der Waals surface area contributed by atoms with E-state index in [-0.39, 0.29) is 24.2 Å². The molecule has 2 aromatic rings.